The van der Waals surface area contributed by atoms with Crippen LogP contribution < -0.4 is 10.2 Å². The van der Waals surface area contributed by atoms with Crippen molar-refractivity contribution in [2.75, 3.05) is 4.90 Å². The van der Waals surface area contributed by atoms with Crippen LogP contribution in [0, 0.1) is 5.92 Å². The van der Waals surface area contributed by atoms with E-state index < -0.39 is 17.7 Å². The number of Topliss-reactive ketones (excluding diaryl/α,β-unsaturated/α-hetero) is 1. The Morgan fingerprint density at radius 1 is 1.15 bits per heavy atom. The number of carbonyl (C=O) groups excluding carboxylic acids is 3. The fourth-order valence-electron chi connectivity index (χ4n) is 2.50. The lowest BCUT2D eigenvalue weighted by atomic mass is 10.1. The minimum atomic E-state index is -1.10. The first-order valence-electron chi connectivity index (χ1n) is 7.96. The fraction of sp³-hybridized carbons (Fsp3) is 0.105. The second-order valence-electron chi connectivity index (χ2n) is 5.80. The molecule has 1 heterocycles. The van der Waals surface area contributed by atoms with Crippen molar-refractivity contribution in [2.24, 2.45) is 10.9 Å². The van der Waals surface area contributed by atoms with Crippen molar-refractivity contribution < 1.29 is 14.4 Å². The summed E-state index contributed by atoms with van der Waals surface area (Å²) < 4.78 is 0.859. The second-order valence-corrected chi connectivity index (χ2v) is 7.11. The Morgan fingerprint density at radius 2 is 1.78 bits per heavy atom. The van der Waals surface area contributed by atoms with Crippen LogP contribution in [0.3, 0.4) is 0 Å². The highest BCUT2D eigenvalue weighted by atomic mass is 79.9. The summed E-state index contributed by atoms with van der Waals surface area (Å²) in [5.74, 6) is -2.16. The molecule has 0 saturated carbocycles. The Labute approximate surface area is 169 Å². The highest BCUT2D eigenvalue weighted by Crippen LogP contribution is 2.23. The number of anilines is 1. The number of amides is 2. The molecule has 3 rings (SSSR count). The molecule has 2 aromatic carbocycles. The minimum Gasteiger partial charge on any atom is -0.301 e. The maximum atomic E-state index is 12.8. The summed E-state index contributed by atoms with van der Waals surface area (Å²) in [6, 6.07) is 13.6. The van der Waals surface area contributed by atoms with Gasteiger partial charge in [0.1, 0.15) is 0 Å². The van der Waals surface area contributed by atoms with E-state index in [2.05, 4.69) is 26.2 Å². The van der Waals surface area contributed by atoms with Crippen molar-refractivity contribution in [3.63, 3.8) is 0 Å². The molecule has 0 radical (unpaired) electrons. The van der Waals surface area contributed by atoms with Crippen LogP contribution in [-0.2, 0) is 9.59 Å². The summed E-state index contributed by atoms with van der Waals surface area (Å²) in [5.41, 5.74) is 1.65. The number of rotatable bonds is 4. The van der Waals surface area contributed by atoms with E-state index in [9.17, 15) is 14.4 Å². The number of ketones is 1. The second kappa shape index (κ2) is 7.89. The van der Waals surface area contributed by atoms with Crippen molar-refractivity contribution >= 4 is 68.4 Å². The van der Waals surface area contributed by atoms with Crippen LogP contribution in [-0.4, -0.2) is 28.9 Å². The highest BCUT2D eigenvalue weighted by molar-refractivity contribution is 9.10. The number of thiocarbonyl (C=S) groups is 1. The molecular weight excluding hydrogens is 430 g/mol. The lowest BCUT2D eigenvalue weighted by Gasteiger charge is -2.30. The van der Waals surface area contributed by atoms with Crippen molar-refractivity contribution in [3.8, 4) is 0 Å². The Balaban J connectivity index is 1.84. The van der Waals surface area contributed by atoms with Crippen LogP contribution >= 0.6 is 28.1 Å². The van der Waals surface area contributed by atoms with E-state index in [0.717, 1.165) is 4.47 Å². The van der Waals surface area contributed by atoms with E-state index in [1.54, 1.807) is 48.5 Å². The summed E-state index contributed by atoms with van der Waals surface area (Å²) in [6.07, 6.45) is 1.29. The number of halogens is 1. The number of benzene rings is 2. The van der Waals surface area contributed by atoms with Crippen LogP contribution in [0.4, 0.5) is 11.4 Å². The topological polar surface area (TPSA) is 78.8 Å². The molecule has 0 aliphatic carbocycles. The van der Waals surface area contributed by atoms with Gasteiger partial charge in [0.25, 0.3) is 5.91 Å². The molecule has 0 bridgehead atoms. The first-order chi connectivity index (χ1) is 12.9. The zero-order valence-electron chi connectivity index (χ0n) is 14.2. The third-order valence-corrected chi connectivity index (χ3v) is 4.75. The molecular formula is C19H14BrN3O3S. The molecule has 8 heteroatoms. The van der Waals surface area contributed by atoms with Gasteiger partial charge < -0.3 is 5.32 Å². The quantitative estimate of drug-likeness (QED) is 0.339. The van der Waals surface area contributed by atoms with Gasteiger partial charge in [0.2, 0.25) is 5.91 Å². The number of hydrogen-bond donors (Lipinski definition) is 1. The molecule has 1 aliphatic heterocycles. The largest absolute Gasteiger partial charge is 0.301 e. The molecule has 6 nitrogen and oxygen atoms in total. The number of carbonyl (C=O) groups is 3. The predicted molar refractivity (Wildman–Crippen MR) is 110 cm³/mol. The van der Waals surface area contributed by atoms with E-state index in [-0.39, 0.29) is 10.9 Å². The van der Waals surface area contributed by atoms with E-state index >= 15 is 0 Å². The summed E-state index contributed by atoms with van der Waals surface area (Å²) >= 11 is 8.49. The molecule has 1 fully saturated rings. The molecule has 2 amide bonds. The Hall–Kier alpha value is -2.71. The van der Waals surface area contributed by atoms with Gasteiger partial charge in [-0.25, -0.2) is 0 Å². The monoisotopic (exact) mass is 443 g/mol. The van der Waals surface area contributed by atoms with Crippen LogP contribution in [0.1, 0.15) is 17.3 Å². The fourth-order valence-corrected chi connectivity index (χ4v) is 3.06. The first kappa shape index (κ1) is 19.1. The maximum absolute atomic E-state index is 12.8. The number of hydrogen-bond acceptors (Lipinski definition) is 5. The third-order valence-electron chi connectivity index (χ3n) is 3.93. The van der Waals surface area contributed by atoms with Gasteiger partial charge in [-0.15, -0.1) is 0 Å². The third kappa shape index (κ3) is 4.17. The van der Waals surface area contributed by atoms with E-state index in [1.807, 2.05) is 0 Å². The Bertz CT molecular complexity index is 955. The predicted octanol–water partition coefficient (Wildman–Crippen LogP) is 3.42. The average Bonchev–Trinajstić information content (AvgIpc) is 2.63. The average molecular weight is 444 g/mol. The smallest absolute Gasteiger partial charge is 0.251 e. The Kier molecular flexibility index (Phi) is 5.57. The van der Waals surface area contributed by atoms with Crippen molar-refractivity contribution in [1.82, 2.24) is 5.32 Å². The minimum absolute atomic E-state index is 0.0304. The zero-order valence-corrected chi connectivity index (χ0v) is 16.6. The SMILES string of the molecule is CC(=O)c1ccc(N=C[C@H]2C(=O)NC(=S)N(c3ccc(Br)cc3)C2=O)cc1. The van der Waals surface area contributed by atoms with Crippen LogP contribution in [0.2, 0.25) is 0 Å². The Morgan fingerprint density at radius 3 is 2.37 bits per heavy atom. The van der Waals surface area contributed by atoms with E-state index in [4.69, 9.17) is 12.2 Å². The van der Waals surface area contributed by atoms with Crippen LogP contribution in [0.5, 0.6) is 0 Å². The standard InChI is InChI=1S/C19H14BrN3O3S/c1-11(24)12-2-6-14(7-3-12)21-10-16-17(25)22-19(27)23(18(16)26)15-8-4-13(20)5-9-15/h2-10,16H,1H3,(H,22,25,27)/t16-/m0/s1. The molecule has 27 heavy (non-hydrogen) atoms. The molecule has 1 aliphatic rings. The summed E-state index contributed by atoms with van der Waals surface area (Å²) in [6.45, 7) is 1.48. The van der Waals surface area contributed by atoms with Gasteiger partial charge >= 0.3 is 0 Å². The molecule has 1 saturated heterocycles. The maximum Gasteiger partial charge on any atom is 0.251 e. The first-order valence-corrected chi connectivity index (χ1v) is 9.16. The van der Waals surface area contributed by atoms with Gasteiger partial charge in [-0.2, -0.15) is 0 Å². The van der Waals surface area contributed by atoms with Crippen molar-refractivity contribution in [3.05, 3.63) is 58.6 Å². The van der Waals surface area contributed by atoms with Gasteiger partial charge in [0, 0.05) is 16.3 Å². The van der Waals surface area contributed by atoms with E-state index in [0.29, 0.717) is 16.9 Å². The summed E-state index contributed by atoms with van der Waals surface area (Å²) in [7, 11) is 0. The number of nitrogens with one attached hydrogen (secondary N) is 1. The molecule has 1 N–H and O–H groups in total. The van der Waals surface area contributed by atoms with Crippen LogP contribution in [0.15, 0.2) is 58.0 Å². The molecule has 0 unspecified atom stereocenters. The molecule has 1 atom stereocenters. The molecule has 2 aromatic rings. The van der Waals surface area contributed by atoms with Gasteiger partial charge in [0.05, 0.1) is 11.4 Å². The lowest BCUT2D eigenvalue weighted by Crippen LogP contribution is -2.58. The van der Waals surface area contributed by atoms with Crippen molar-refractivity contribution in [1.29, 1.82) is 0 Å². The van der Waals surface area contributed by atoms with Crippen molar-refractivity contribution in [2.45, 2.75) is 6.92 Å². The summed E-state index contributed by atoms with van der Waals surface area (Å²) in [4.78, 5) is 41.8. The van der Waals surface area contributed by atoms with Gasteiger partial charge in [-0.3, -0.25) is 24.3 Å². The van der Waals surface area contributed by atoms with Gasteiger partial charge in [-0.1, -0.05) is 15.9 Å². The number of nitrogens with zero attached hydrogens (tertiary/aromatic N) is 2. The van der Waals surface area contributed by atoms with Gasteiger partial charge in [-0.05, 0) is 67.7 Å². The molecule has 0 aromatic heterocycles. The summed E-state index contributed by atoms with van der Waals surface area (Å²) in [5, 5.41) is 2.56. The molecule has 0 spiro atoms. The van der Waals surface area contributed by atoms with Crippen LogP contribution in [0.25, 0.3) is 0 Å². The number of aliphatic imine (C=N–C) groups is 1. The zero-order chi connectivity index (χ0) is 19.6. The highest BCUT2D eigenvalue weighted by Gasteiger charge is 2.38. The lowest BCUT2D eigenvalue weighted by molar-refractivity contribution is -0.130. The van der Waals surface area contributed by atoms with E-state index in [1.165, 1.54) is 18.0 Å². The molecule has 136 valence electrons. The van der Waals surface area contributed by atoms with Gasteiger partial charge in [0.15, 0.2) is 16.8 Å². The normalized spacial score (nSPS) is 17.3.